The topological polar surface area (TPSA) is 130 Å². The summed E-state index contributed by atoms with van der Waals surface area (Å²) in [4.78, 5) is 24.5. The van der Waals surface area contributed by atoms with Crippen LogP contribution in [0, 0.1) is 11.3 Å². The SMILES string of the molecule is CCOc1cc2nc(CC)c(C#N)c(Nc3ccc4nn(Cc5ccccn5)cc4c3)c2cc1NC(=O)/C=C/CN(C)[C@@H]1CCOC1. The molecular formula is C36H38N8O3. The van der Waals surface area contributed by atoms with Gasteiger partial charge >= 0.3 is 0 Å². The zero-order valence-electron chi connectivity index (χ0n) is 26.9. The van der Waals surface area contributed by atoms with Gasteiger partial charge in [-0.3, -0.25) is 24.3 Å². The van der Waals surface area contributed by atoms with E-state index in [-0.39, 0.29) is 5.91 Å². The van der Waals surface area contributed by atoms with Gasteiger partial charge in [0.25, 0.3) is 0 Å². The first-order valence-electron chi connectivity index (χ1n) is 15.9. The number of fused-ring (bicyclic) bond motifs is 2. The predicted octanol–water partition coefficient (Wildman–Crippen LogP) is 5.82. The Hall–Kier alpha value is -5.31. The number of carbonyl (C=O) groups excluding carboxylic acids is 1. The number of likely N-dealkylation sites (N-methyl/N-ethyl adjacent to an activating group) is 1. The second kappa shape index (κ2) is 14.4. The molecule has 47 heavy (non-hydrogen) atoms. The molecule has 0 bridgehead atoms. The zero-order valence-corrected chi connectivity index (χ0v) is 26.9. The summed E-state index contributed by atoms with van der Waals surface area (Å²) in [5.74, 6) is 0.233. The van der Waals surface area contributed by atoms with Crippen LogP contribution in [0.25, 0.3) is 21.8 Å². The molecule has 1 fully saturated rings. The van der Waals surface area contributed by atoms with E-state index in [9.17, 15) is 10.1 Å². The third kappa shape index (κ3) is 7.25. The summed E-state index contributed by atoms with van der Waals surface area (Å²) < 4.78 is 13.3. The molecule has 1 amide bonds. The molecule has 5 aromatic rings. The highest BCUT2D eigenvalue weighted by atomic mass is 16.5. The van der Waals surface area contributed by atoms with Crippen LogP contribution in [0.2, 0.25) is 0 Å². The molecule has 1 atom stereocenters. The van der Waals surface area contributed by atoms with Gasteiger partial charge in [-0.1, -0.05) is 19.1 Å². The van der Waals surface area contributed by atoms with Crippen molar-refractivity contribution in [2.45, 2.75) is 39.3 Å². The van der Waals surface area contributed by atoms with Gasteiger partial charge in [0, 0.05) is 60.2 Å². The molecule has 6 rings (SSSR count). The van der Waals surface area contributed by atoms with Crippen LogP contribution in [0.1, 0.15) is 37.2 Å². The Kier molecular flexibility index (Phi) is 9.71. The third-order valence-corrected chi connectivity index (χ3v) is 8.23. The molecule has 11 heteroatoms. The van der Waals surface area contributed by atoms with Crippen molar-refractivity contribution in [3.05, 3.63) is 90.0 Å². The normalized spacial score (nSPS) is 14.7. The Morgan fingerprint density at radius 2 is 2.11 bits per heavy atom. The van der Waals surface area contributed by atoms with Crippen molar-refractivity contribution in [1.82, 2.24) is 24.6 Å². The number of hydrogen-bond donors (Lipinski definition) is 2. The molecule has 0 spiro atoms. The van der Waals surface area contributed by atoms with E-state index >= 15 is 0 Å². The van der Waals surface area contributed by atoms with E-state index in [0.29, 0.717) is 78.1 Å². The van der Waals surface area contributed by atoms with Gasteiger partial charge in [0.2, 0.25) is 5.91 Å². The van der Waals surface area contributed by atoms with Crippen LogP contribution in [-0.4, -0.2) is 70.0 Å². The van der Waals surface area contributed by atoms with E-state index in [4.69, 9.17) is 19.6 Å². The minimum absolute atomic E-state index is 0.275. The van der Waals surface area contributed by atoms with E-state index in [1.807, 2.05) is 86.4 Å². The third-order valence-electron chi connectivity index (χ3n) is 8.23. The number of benzene rings is 2. The highest BCUT2D eigenvalue weighted by Crippen LogP contribution is 2.38. The number of carbonyl (C=O) groups is 1. The lowest BCUT2D eigenvalue weighted by molar-refractivity contribution is -0.111. The maximum absolute atomic E-state index is 13.1. The number of rotatable bonds is 12. The summed E-state index contributed by atoms with van der Waals surface area (Å²) in [6.45, 7) is 6.95. The van der Waals surface area contributed by atoms with E-state index < -0.39 is 0 Å². The lowest BCUT2D eigenvalue weighted by Gasteiger charge is -2.20. The number of ether oxygens (including phenoxy) is 2. The molecule has 4 heterocycles. The molecule has 0 saturated carbocycles. The average molecular weight is 631 g/mol. The second-order valence-electron chi connectivity index (χ2n) is 11.5. The fourth-order valence-electron chi connectivity index (χ4n) is 5.78. The second-order valence-corrected chi connectivity index (χ2v) is 11.5. The number of aromatic nitrogens is 4. The summed E-state index contributed by atoms with van der Waals surface area (Å²) >= 11 is 0. The van der Waals surface area contributed by atoms with Gasteiger partial charge in [-0.25, -0.2) is 0 Å². The van der Waals surface area contributed by atoms with Gasteiger partial charge in [0.05, 0.1) is 59.1 Å². The average Bonchev–Trinajstić information content (AvgIpc) is 3.76. The van der Waals surface area contributed by atoms with Crippen molar-refractivity contribution < 1.29 is 14.3 Å². The Morgan fingerprint density at radius 3 is 2.85 bits per heavy atom. The van der Waals surface area contributed by atoms with Crippen molar-refractivity contribution in [2.75, 3.05) is 44.0 Å². The van der Waals surface area contributed by atoms with Gasteiger partial charge in [0.1, 0.15) is 11.8 Å². The number of hydrogen-bond acceptors (Lipinski definition) is 9. The van der Waals surface area contributed by atoms with Crippen LogP contribution in [0.5, 0.6) is 5.75 Å². The van der Waals surface area contributed by atoms with Crippen LogP contribution in [0.15, 0.2) is 73.1 Å². The molecular weight excluding hydrogens is 592 g/mol. The lowest BCUT2D eigenvalue weighted by Crippen LogP contribution is -2.32. The van der Waals surface area contributed by atoms with Gasteiger partial charge in [-0.15, -0.1) is 0 Å². The lowest BCUT2D eigenvalue weighted by atomic mass is 10.0. The smallest absolute Gasteiger partial charge is 0.248 e. The van der Waals surface area contributed by atoms with Crippen molar-refractivity contribution in [3.63, 3.8) is 0 Å². The fourth-order valence-corrected chi connectivity index (χ4v) is 5.78. The quantitative estimate of drug-likeness (QED) is 0.164. The molecule has 1 aliphatic heterocycles. The van der Waals surface area contributed by atoms with E-state index in [1.165, 1.54) is 6.08 Å². The zero-order chi connectivity index (χ0) is 32.8. The summed E-state index contributed by atoms with van der Waals surface area (Å²) in [6.07, 6.45) is 8.70. The summed E-state index contributed by atoms with van der Waals surface area (Å²) in [5, 5.41) is 23.1. The molecule has 3 aromatic heterocycles. The first kappa shape index (κ1) is 31.7. The van der Waals surface area contributed by atoms with Gasteiger partial charge < -0.3 is 20.1 Å². The number of nitrogens with zero attached hydrogens (tertiary/aromatic N) is 6. The molecule has 2 N–H and O–H groups in total. The Bertz CT molecular complexity index is 1960. The van der Waals surface area contributed by atoms with Crippen LogP contribution in [0.3, 0.4) is 0 Å². The van der Waals surface area contributed by atoms with Crippen molar-refractivity contribution in [3.8, 4) is 11.8 Å². The molecule has 1 aliphatic rings. The summed E-state index contributed by atoms with van der Waals surface area (Å²) in [7, 11) is 2.03. The molecule has 1 saturated heterocycles. The van der Waals surface area contributed by atoms with E-state index in [2.05, 4.69) is 26.6 Å². The van der Waals surface area contributed by atoms with Gasteiger partial charge in [0.15, 0.2) is 0 Å². The molecule has 0 unspecified atom stereocenters. The van der Waals surface area contributed by atoms with Gasteiger partial charge in [-0.2, -0.15) is 10.4 Å². The molecule has 0 radical (unpaired) electrons. The van der Waals surface area contributed by atoms with Crippen molar-refractivity contribution in [1.29, 1.82) is 5.26 Å². The largest absolute Gasteiger partial charge is 0.492 e. The number of amides is 1. The Balaban J connectivity index is 1.31. The van der Waals surface area contributed by atoms with Crippen LogP contribution < -0.4 is 15.4 Å². The van der Waals surface area contributed by atoms with Crippen molar-refractivity contribution in [2.24, 2.45) is 0 Å². The maximum atomic E-state index is 13.1. The van der Waals surface area contributed by atoms with E-state index in [1.54, 1.807) is 6.20 Å². The Morgan fingerprint density at radius 1 is 1.21 bits per heavy atom. The fraction of sp³-hybridized carbons (Fsp3) is 0.306. The first-order valence-corrected chi connectivity index (χ1v) is 15.9. The Labute approximate surface area is 273 Å². The first-order chi connectivity index (χ1) is 22.9. The highest BCUT2D eigenvalue weighted by molar-refractivity contribution is 6.05. The minimum atomic E-state index is -0.275. The molecule has 2 aromatic carbocycles. The summed E-state index contributed by atoms with van der Waals surface area (Å²) in [6, 6.07) is 18.1. The minimum Gasteiger partial charge on any atom is -0.492 e. The van der Waals surface area contributed by atoms with Crippen molar-refractivity contribution >= 4 is 44.8 Å². The number of pyridine rings is 2. The molecule has 0 aliphatic carbocycles. The number of aryl methyl sites for hydroxylation is 1. The standard InChI is InChI=1S/C36H38N8O3/c1-4-30-29(20-37)36(39-25-11-12-31-24(17-25)21-44(42-31)22-26-9-6-7-14-38-26)28-18-33(34(47-5-2)19-32(28)40-30)41-35(45)10-8-15-43(3)27-13-16-46-23-27/h6-12,14,17-19,21,27H,4-5,13,15-16,22-23H2,1-3H3,(H,39,40)(H,41,45)/b10-8+/t27-/m1/s1. The number of nitriles is 1. The van der Waals surface area contributed by atoms with E-state index in [0.717, 1.165) is 35.3 Å². The van der Waals surface area contributed by atoms with Crippen LogP contribution in [-0.2, 0) is 22.5 Å². The maximum Gasteiger partial charge on any atom is 0.248 e. The number of nitrogens with one attached hydrogen (secondary N) is 2. The summed E-state index contributed by atoms with van der Waals surface area (Å²) in [5.41, 5.74) is 5.45. The van der Waals surface area contributed by atoms with Crippen LogP contribution in [0.4, 0.5) is 17.1 Å². The monoisotopic (exact) mass is 630 g/mol. The van der Waals surface area contributed by atoms with Crippen LogP contribution >= 0.6 is 0 Å². The molecule has 11 nitrogen and oxygen atoms in total. The van der Waals surface area contributed by atoms with Gasteiger partial charge in [-0.05, 0) is 63.2 Å². The molecule has 240 valence electrons. The predicted molar refractivity (Wildman–Crippen MR) is 183 cm³/mol. The highest BCUT2D eigenvalue weighted by Gasteiger charge is 2.20. The number of anilines is 3.